The van der Waals surface area contributed by atoms with Crippen LogP contribution in [-0.4, -0.2) is 11.8 Å². The lowest BCUT2D eigenvalue weighted by Crippen LogP contribution is -2.14. The van der Waals surface area contributed by atoms with Gasteiger partial charge in [0.2, 0.25) is 5.91 Å². The first-order chi connectivity index (χ1) is 14.7. The van der Waals surface area contributed by atoms with E-state index in [1.807, 2.05) is 24.3 Å². The molecule has 0 aliphatic rings. The molecule has 0 radical (unpaired) electrons. The van der Waals surface area contributed by atoms with E-state index in [0.29, 0.717) is 16.9 Å². The molecule has 31 heavy (non-hydrogen) atoms. The Balaban J connectivity index is 1.62. The second-order valence-electron chi connectivity index (χ2n) is 8.24. The summed E-state index contributed by atoms with van der Waals surface area (Å²) in [5.74, 6) is -0.878. The van der Waals surface area contributed by atoms with Crippen LogP contribution in [0.25, 0.3) is 6.08 Å². The average molecular weight is 416 g/mol. The summed E-state index contributed by atoms with van der Waals surface area (Å²) in [4.78, 5) is 24.7. The number of halogens is 1. The molecule has 5 heteroatoms. The number of hydrogen-bond donors (Lipinski definition) is 2. The fraction of sp³-hybridized carbons (Fsp3) is 0.154. The van der Waals surface area contributed by atoms with E-state index in [2.05, 4.69) is 31.4 Å². The van der Waals surface area contributed by atoms with Crippen molar-refractivity contribution in [1.82, 2.24) is 0 Å². The molecule has 0 aromatic heterocycles. The normalized spacial score (nSPS) is 11.4. The highest BCUT2D eigenvalue weighted by atomic mass is 19.1. The van der Waals surface area contributed by atoms with E-state index < -0.39 is 0 Å². The first-order valence-electron chi connectivity index (χ1n) is 9.97. The number of amides is 2. The molecular formula is C26H25FN2O2. The van der Waals surface area contributed by atoms with Crippen LogP contribution in [0.5, 0.6) is 0 Å². The van der Waals surface area contributed by atoms with Gasteiger partial charge in [-0.2, -0.15) is 0 Å². The molecule has 158 valence electrons. The maximum absolute atomic E-state index is 12.9. The Hall–Kier alpha value is -3.73. The van der Waals surface area contributed by atoms with Gasteiger partial charge in [0, 0.05) is 23.0 Å². The highest BCUT2D eigenvalue weighted by molar-refractivity contribution is 6.05. The summed E-state index contributed by atoms with van der Waals surface area (Å²) in [5, 5.41) is 5.60. The number of carbonyl (C=O) groups is 2. The van der Waals surface area contributed by atoms with Crippen molar-refractivity contribution >= 4 is 29.3 Å². The summed E-state index contributed by atoms with van der Waals surface area (Å²) < 4.78 is 12.9. The third-order valence-electron chi connectivity index (χ3n) is 4.70. The number of nitrogens with one attached hydrogen (secondary N) is 2. The minimum atomic E-state index is -0.328. The molecule has 2 amide bonds. The molecule has 3 aromatic rings. The van der Waals surface area contributed by atoms with Gasteiger partial charge in [0.05, 0.1) is 0 Å². The van der Waals surface area contributed by atoms with E-state index in [1.54, 1.807) is 42.5 Å². The zero-order chi connectivity index (χ0) is 22.4. The van der Waals surface area contributed by atoms with Gasteiger partial charge in [-0.3, -0.25) is 9.59 Å². The molecule has 2 N–H and O–H groups in total. The lowest BCUT2D eigenvalue weighted by molar-refractivity contribution is -0.111. The van der Waals surface area contributed by atoms with Crippen LogP contribution < -0.4 is 10.6 Å². The molecule has 0 heterocycles. The molecular weight excluding hydrogens is 391 g/mol. The highest BCUT2D eigenvalue weighted by Crippen LogP contribution is 2.23. The topological polar surface area (TPSA) is 58.2 Å². The van der Waals surface area contributed by atoms with Crippen LogP contribution in [-0.2, 0) is 10.2 Å². The zero-order valence-electron chi connectivity index (χ0n) is 17.8. The van der Waals surface area contributed by atoms with Gasteiger partial charge in [-0.05, 0) is 65.1 Å². The third-order valence-corrected chi connectivity index (χ3v) is 4.70. The molecule has 0 saturated carbocycles. The fourth-order valence-electron chi connectivity index (χ4n) is 2.93. The monoisotopic (exact) mass is 416 g/mol. The zero-order valence-corrected chi connectivity index (χ0v) is 17.8. The highest BCUT2D eigenvalue weighted by Gasteiger charge is 2.14. The predicted molar refractivity (Wildman–Crippen MR) is 124 cm³/mol. The molecule has 0 bridgehead atoms. The van der Waals surface area contributed by atoms with Crippen molar-refractivity contribution in [2.24, 2.45) is 0 Å². The molecule has 0 aliphatic heterocycles. The Kier molecular flexibility index (Phi) is 6.65. The molecule has 0 spiro atoms. The van der Waals surface area contributed by atoms with Crippen molar-refractivity contribution in [3.8, 4) is 0 Å². The molecule has 3 rings (SSSR count). The number of benzene rings is 3. The fourth-order valence-corrected chi connectivity index (χ4v) is 2.93. The number of anilines is 2. The van der Waals surface area contributed by atoms with Crippen LogP contribution in [0.4, 0.5) is 15.8 Å². The summed E-state index contributed by atoms with van der Waals surface area (Å²) in [7, 11) is 0. The molecule has 4 nitrogen and oxygen atoms in total. The van der Waals surface area contributed by atoms with Crippen molar-refractivity contribution in [2.75, 3.05) is 10.6 Å². The van der Waals surface area contributed by atoms with Crippen molar-refractivity contribution in [3.63, 3.8) is 0 Å². The largest absolute Gasteiger partial charge is 0.322 e. The lowest BCUT2D eigenvalue weighted by atomic mass is 9.87. The summed E-state index contributed by atoms with van der Waals surface area (Å²) in [6.07, 6.45) is 2.97. The second kappa shape index (κ2) is 9.39. The van der Waals surface area contributed by atoms with Crippen molar-refractivity contribution in [3.05, 3.63) is 101 Å². The van der Waals surface area contributed by atoms with Crippen molar-refractivity contribution < 1.29 is 14.0 Å². The minimum absolute atomic E-state index is 0.0205. The predicted octanol–water partition coefficient (Wildman–Crippen LogP) is 6.03. The number of hydrogen-bond acceptors (Lipinski definition) is 2. The van der Waals surface area contributed by atoms with Crippen molar-refractivity contribution in [2.45, 2.75) is 26.2 Å². The first-order valence-corrected chi connectivity index (χ1v) is 9.97. The van der Waals surface area contributed by atoms with Crippen LogP contribution in [0.3, 0.4) is 0 Å². The molecule has 0 unspecified atom stereocenters. The molecule has 0 atom stereocenters. The van der Waals surface area contributed by atoms with Gasteiger partial charge in [-0.15, -0.1) is 0 Å². The van der Waals surface area contributed by atoms with Crippen LogP contribution >= 0.6 is 0 Å². The average Bonchev–Trinajstić information content (AvgIpc) is 2.73. The van der Waals surface area contributed by atoms with Gasteiger partial charge in [0.1, 0.15) is 5.82 Å². The molecule has 3 aromatic carbocycles. The summed E-state index contributed by atoms with van der Waals surface area (Å²) >= 11 is 0. The smallest absolute Gasteiger partial charge is 0.255 e. The Bertz CT molecular complexity index is 1100. The first kappa shape index (κ1) is 22.0. The summed E-state index contributed by atoms with van der Waals surface area (Å²) in [6.45, 7) is 6.37. The Labute approximate surface area is 181 Å². The lowest BCUT2D eigenvalue weighted by Gasteiger charge is -2.19. The van der Waals surface area contributed by atoms with E-state index in [4.69, 9.17) is 0 Å². The number of rotatable bonds is 5. The van der Waals surface area contributed by atoms with Gasteiger partial charge < -0.3 is 10.6 Å². The maximum Gasteiger partial charge on any atom is 0.255 e. The number of carbonyl (C=O) groups excluding carboxylic acids is 2. The van der Waals surface area contributed by atoms with E-state index in [0.717, 1.165) is 11.1 Å². The van der Waals surface area contributed by atoms with Gasteiger partial charge in [0.15, 0.2) is 0 Å². The van der Waals surface area contributed by atoms with Crippen LogP contribution in [0.15, 0.2) is 78.9 Å². The van der Waals surface area contributed by atoms with E-state index >= 15 is 0 Å². The van der Waals surface area contributed by atoms with Gasteiger partial charge in [-0.25, -0.2) is 4.39 Å². The summed E-state index contributed by atoms with van der Waals surface area (Å²) in [6, 6.07) is 20.3. The maximum atomic E-state index is 12.9. The Morgan fingerprint density at radius 2 is 1.45 bits per heavy atom. The van der Waals surface area contributed by atoms with Gasteiger partial charge in [-0.1, -0.05) is 51.1 Å². The van der Waals surface area contributed by atoms with E-state index in [1.165, 1.54) is 18.2 Å². The molecule has 0 aliphatic carbocycles. The third kappa shape index (κ3) is 6.37. The standard InChI is InChI=1S/C26H25FN2O2/c1-26(2,3)20-12-10-19(11-13-20)25(31)29-23-6-4-5-22(17-23)28-24(30)16-9-18-7-14-21(27)15-8-18/h4-17H,1-3H3,(H,28,30)(H,29,31)/b16-9+. The molecule has 0 fully saturated rings. The Morgan fingerprint density at radius 3 is 2.06 bits per heavy atom. The van der Waals surface area contributed by atoms with Crippen LogP contribution in [0.1, 0.15) is 42.3 Å². The van der Waals surface area contributed by atoms with Crippen LogP contribution in [0.2, 0.25) is 0 Å². The quantitative estimate of drug-likeness (QED) is 0.499. The molecule has 0 saturated heterocycles. The van der Waals surface area contributed by atoms with Crippen LogP contribution in [0, 0.1) is 5.82 Å². The Morgan fingerprint density at radius 1 is 0.839 bits per heavy atom. The summed E-state index contributed by atoms with van der Waals surface area (Å²) in [5.41, 5.74) is 3.58. The van der Waals surface area contributed by atoms with Gasteiger partial charge in [0.25, 0.3) is 5.91 Å². The van der Waals surface area contributed by atoms with E-state index in [9.17, 15) is 14.0 Å². The van der Waals surface area contributed by atoms with Crippen molar-refractivity contribution in [1.29, 1.82) is 0 Å². The SMILES string of the molecule is CC(C)(C)c1ccc(C(=O)Nc2cccc(NC(=O)/C=C/c3ccc(F)cc3)c2)cc1. The minimum Gasteiger partial charge on any atom is -0.322 e. The van der Waals surface area contributed by atoms with E-state index in [-0.39, 0.29) is 23.0 Å². The second-order valence-corrected chi connectivity index (χ2v) is 8.24. The van der Waals surface area contributed by atoms with Gasteiger partial charge >= 0.3 is 0 Å².